The Hall–Kier alpha value is -2.54. The molecule has 0 saturated carbocycles. The number of nitrogens with zero attached hydrogens (tertiary/aromatic N) is 3. The van der Waals surface area contributed by atoms with Gasteiger partial charge in [0.25, 0.3) is 5.91 Å². The maximum absolute atomic E-state index is 12.4. The first-order valence-electron chi connectivity index (χ1n) is 6.26. The fourth-order valence-electron chi connectivity index (χ4n) is 2.04. The number of nitrogens with one attached hydrogen (secondary N) is 1. The van der Waals surface area contributed by atoms with Gasteiger partial charge in [0.15, 0.2) is 10.8 Å². The van der Waals surface area contributed by atoms with Crippen LogP contribution in [0.4, 0.5) is 5.13 Å². The van der Waals surface area contributed by atoms with Gasteiger partial charge in [0.05, 0.1) is 11.2 Å². The van der Waals surface area contributed by atoms with Gasteiger partial charge in [-0.15, -0.1) is 11.3 Å². The lowest BCUT2D eigenvalue weighted by Gasteiger charge is -2.07. The predicted octanol–water partition coefficient (Wildman–Crippen LogP) is 1.95. The van der Waals surface area contributed by atoms with Crippen molar-refractivity contribution in [2.75, 3.05) is 5.32 Å². The molecule has 1 N–H and O–H groups in total. The molecule has 0 bridgehead atoms. The molecule has 7 heteroatoms. The average Bonchev–Trinajstić information content (AvgIpc) is 2.88. The Morgan fingerprint density at radius 3 is 2.81 bits per heavy atom. The zero-order valence-electron chi connectivity index (χ0n) is 11.5. The van der Waals surface area contributed by atoms with E-state index in [0.717, 1.165) is 5.69 Å². The molecule has 21 heavy (non-hydrogen) atoms. The van der Waals surface area contributed by atoms with Crippen molar-refractivity contribution in [3.63, 3.8) is 0 Å². The molecule has 2 heterocycles. The summed E-state index contributed by atoms with van der Waals surface area (Å²) in [5, 5.41) is 9.42. The summed E-state index contributed by atoms with van der Waals surface area (Å²) in [5.74, 6) is -0.546. The van der Waals surface area contributed by atoms with E-state index in [1.54, 1.807) is 25.2 Å². The molecule has 0 unspecified atom stereocenters. The van der Waals surface area contributed by atoms with Crippen LogP contribution in [-0.4, -0.2) is 20.7 Å². The van der Waals surface area contributed by atoms with Gasteiger partial charge in [-0.25, -0.2) is 4.98 Å². The Morgan fingerprint density at radius 1 is 1.33 bits per heavy atom. The van der Waals surface area contributed by atoms with Crippen molar-refractivity contribution in [1.29, 1.82) is 0 Å². The molecular weight excluding hydrogens is 288 g/mol. The highest BCUT2D eigenvalue weighted by atomic mass is 32.1. The lowest BCUT2D eigenvalue weighted by Crippen LogP contribution is -2.26. The molecular formula is C14H12N4O2S. The van der Waals surface area contributed by atoms with Crippen molar-refractivity contribution in [3.05, 3.63) is 51.3 Å². The number of hydrogen-bond donors (Lipinski definition) is 1. The maximum Gasteiger partial charge on any atom is 0.281 e. The summed E-state index contributed by atoms with van der Waals surface area (Å²) >= 11 is 1.31. The number of aryl methyl sites for hydroxylation is 2. The van der Waals surface area contributed by atoms with E-state index in [1.807, 2.05) is 18.4 Å². The molecule has 3 aromatic rings. The van der Waals surface area contributed by atoms with Crippen molar-refractivity contribution in [2.45, 2.75) is 6.92 Å². The van der Waals surface area contributed by atoms with Crippen molar-refractivity contribution in [3.8, 4) is 0 Å². The highest BCUT2D eigenvalue weighted by Crippen LogP contribution is 2.15. The van der Waals surface area contributed by atoms with Gasteiger partial charge in [-0.3, -0.25) is 19.6 Å². The molecule has 0 radical (unpaired) electrons. The second kappa shape index (κ2) is 5.10. The van der Waals surface area contributed by atoms with Gasteiger partial charge in [-0.1, -0.05) is 12.1 Å². The monoisotopic (exact) mass is 300 g/mol. The fourth-order valence-corrected chi connectivity index (χ4v) is 2.72. The van der Waals surface area contributed by atoms with Crippen molar-refractivity contribution < 1.29 is 4.79 Å². The van der Waals surface area contributed by atoms with Crippen LogP contribution in [0, 0.1) is 6.92 Å². The summed E-state index contributed by atoms with van der Waals surface area (Å²) in [6.45, 7) is 1.83. The molecule has 0 spiro atoms. The zero-order valence-corrected chi connectivity index (χ0v) is 12.3. The second-order valence-electron chi connectivity index (χ2n) is 4.57. The summed E-state index contributed by atoms with van der Waals surface area (Å²) in [6, 6.07) is 7.05. The standard InChI is InChI=1S/C14H12N4O2S/c1-8-7-21-14(15-8)16-13(20)11-12(19)9-5-3-4-6-10(9)18(2)17-11/h3-7H,1-2H3,(H,15,16,20). The third-order valence-electron chi connectivity index (χ3n) is 3.02. The van der Waals surface area contributed by atoms with Gasteiger partial charge >= 0.3 is 0 Å². The largest absolute Gasteiger partial charge is 0.296 e. The summed E-state index contributed by atoms with van der Waals surface area (Å²) < 4.78 is 1.53. The van der Waals surface area contributed by atoms with E-state index in [-0.39, 0.29) is 11.1 Å². The first kappa shape index (κ1) is 13.4. The third-order valence-corrected chi connectivity index (χ3v) is 3.89. The number of carbonyl (C=O) groups is 1. The summed E-state index contributed by atoms with van der Waals surface area (Å²) in [5.41, 5.74) is 0.984. The molecule has 1 aromatic carbocycles. The van der Waals surface area contributed by atoms with Crippen LogP contribution >= 0.6 is 11.3 Å². The molecule has 0 atom stereocenters. The number of thiazole rings is 1. The molecule has 0 aliphatic heterocycles. The number of anilines is 1. The second-order valence-corrected chi connectivity index (χ2v) is 5.42. The summed E-state index contributed by atoms with van der Waals surface area (Å²) in [4.78, 5) is 28.7. The summed E-state index contributed by atoms with van der Waals surface area (Å²) in [6.07, 6.45) is 0. The molecule has 1 amide bonds. The molecule has 0 saturated heterocycles. The van der Waals surface area contributed by atoms with Crippen LogP contribution in [0.25, 0.3) is 10.9 Å². The Morgan fingerprint density at radius 2 is 2.10 bits per heavy atom. The van der Waals surface area contributed by atoms with Crippen LogP contribution in [0.3, 0.4) is 0 Å². The normalized spacial score (nSPS) is 10.8. The average molecular weight is 300 g/mol. The molecule has 0 aliphatic carbocycles. The Bertz CT molecular complexity index is 897. The number of rotatable bonds is 2. The molecule has 3 rings (SSSR count). The Kier molecular flexibility index (Phi) is 3.26. The van der Waals surface area contributed by atoms with E-state index in [9.17, 15) is 9.59 Å². The molecule has 0 aliphatic rings. The van der Waals surface area contributed by atoms with E-state index in [1.165, 1.54) is 16.0 Å². The number of para-hydroxylation sites is 1. The number of amides is 1. The zero-order chi connectivity index (χ0) is 15.0. The van der Waals surface area contributed by atoms with E-state index in [0.29, 0.717) is 16.0 Å². The summed E-state index contributed by atoms with van der Waals surface area (Å²) in [7, 11) is 1.70. The van der Waals surface area contributed by atoms with Crippen LogP contribution in [0.2, 0.25) is 0 Å². The van der Waals surface area contributed by atoms with Crippen molar-refractivity contribution in [2.24, 2.45) is 7.05 Å². The Balaban J connectivity index is 2.06. The minimum absolute atomic E-state index is 0.135. The smallest absolute Gasteiger partial charge is 0.281 e. The number of aromatic nitrogens is 3. The van der Waals surface area contributed by atoms with Crippen LogP contribution in [0.5, 0.6) is 0 Å². The van der Waals surface area contributed by atoms with Crippen LogP contribution in [0.15, 0.2) is 34.4 Å². The molecule has 106 valence electrons. The minimum Gasteiger partial charge on any atom is -0.296 e. The SMILES string of the molecule is Cc1csc(NC(=O)c2nn(C)c3ccccc3c2=O)n1. The van der Waals surface area contributed by atoms with Crippen molar-refractivity contribution >= 4 is 33.3 Å². The van der Waals surface area contributed by atoms with Gasteiger partial charge in [0.1, 0.15) is 0 Å². The predicted molar refractivity (Wildman–Crippen MR) is 81.8 cm³/mol. The molecule has 0 fully saturated rings. The maximum atomic E-state index is 12.4. The third kappa shape index (κ3) is 2.43. The van der Waals surface area contributed by atoms with Crippen LogP contribution in [0.1, 0.15) is 16.2 Å². The van der Waals surface area contributed by atoms with Crippen molar-refractivity contribution in [1.82, 2.24) is 14.8 Å². The van der Waals surface area contributed by atoms with Gasteiger partial charge in [-0.05, 0) is 19.1 Å². The first-order valence-corrected chi connectivity index (χ1v) is 7.14. The lowest BCUT2D eigenvalue weighted by molar-refractivity contribution is 0.101. The highest BCUT2D eigenvalue weighted by Gasteiger charge is 2.17. The lowest BCUT2D eigenvalue weighted by atomic mass is 10.2. The number of carbonyl (C=O) groups excluding carboxylic acids is 1. The minimum atomic E-state index is -0.546. The van der Waals surface area contributed by atoms with Gasteiger partial charge in [-0.2, -0.15) is 5.10 Å². The van der Waals surface area contributed by atoms with E-state index >= 15 is 0 Å². The number of benzene rings is 1. The van der Waals surface area contributed by atoms with Crippen LogP contribution in [-0.2, 0) is 7.05 Å². The molecule has 2 aromatic heterocycles. The van der Waals surface area contributed by atoms with Crippen LogP contribution < -0.4 is 10.7 Å². The Labute approximate surface area is 124 Å². The number of fused-ring (bicyclic) bond motifs is 1. The topological polar surface area (TPSA) is 76.9 Å². The van der Waals surface area contributed by atoms with Gasteiger partial charge < -0.3 is 0 Å². The van der Waals surface area contributed by atoms with Gasteiger partial charge in [0.2, 0.25) is 5.43 Å². The van der Waals surface area contributed by atoms with Gasteiger partial charge in [0, 0.05) is 17.8 Å². The van der Waals surface area contributed by atoms with E-state index in [2.05, 4.69) is 15.4 Å². The first-order chi connectivity index (χ1) is 10.1. The number of hydrogen-bond acceptors (Lipinski definition) is 5. The molecule has 6 nitrogen and oxygen atoms in total. The fraction of sp³-hybridized carbons (Fsp3) is 0.143. The van der Waals surface area contributed by atoms with E-state index in [4.69, 9.17) is 0 Å². The quantitative estimate of drug-likeness (QED) is 0.784. The van der Waals surface area contributed by atoms with E-state index < -0.39 is 5.91 Å². The highest BCUT2D eigenvalue weighted by molar-refractivity contribution is 7.13.